The predicted molar refractivity (Wildman–Crippen MR) is 66.3 cm³/mol. The van der Waals surface area contributed by atoms with Crippen LogP contribution in [-0.2, 0) is 11.3 Å². The van der Waals surface area contributed by atoms with Gasteiger partial charge in [0, 0.05) is 17.8 Å². The number of rotatable bonds is 4. The highest BCUT2D eigenvalue weighted by Gasteiger charge is 2.16. The van der Waals surface area contributed by atoms with Gasteiger partial charge in [0.1, 0.15) is 10.7 Å². The SMILES string of the molecule is CCOC(=O)c1c(C)ccn1Cc1nccs1. The van der Waals surface area contributed by atoms with E-state index in [0.717, 1.165) is 10.6 Å². The Balaban J connectivity index is 2.26. The summed E-state index contributed by atoms with van der Waals surface area (Å²) in [5.74, 6) is -0.272. The van der Waals surface area contributed by atoms with Crippen LogP contribution in [0.15, 0.2) is 23.8 Å². The fourth-order valence-corrected chi connectivity index (χ4v) is 2.28. The number of carbonyl (C=O) groups excluding carboxylic acids is 1. The van der Waals surface area contributed by atoms with Gasteiger partial charge in [-0.15, -0.1) is 11.3 Å². The lowest BCUT2D eigenvalue weighted by atomic mass is 10.3. The Bertz CT molecular complexity index is 503. The molecular weight excluding hydrogens is 236 g/mol. The number of esters is 1. The van der Waals surface area contributed by atoms with Gasteiger partial charge in [-0.1, -0.05) is 0 Å². The molecule has 2 aromatic heterocycles. The van der Waals surface area contributed by atoms with E-state index in [1.165, 1.54) is 0 Å². The van der Waals surface area contributed by atoms with Crippen molar-refractivity contribution in [1.82, 2.24) is 9.55 Å². The number of hydrogen-bond acceptors (Lipinski definition) is 4. The topological polar surface area (TPSA) is 44.1 Å². The van der Waals surface area contributed by atoms with Gasteiger partial charge in [0.15, 0.2) is 0 Å². The van der Waals surface area contributed by atoms with Crippen LogP contribution < -0.4 is 0 Å². The third kappa shape index (κ3) is 2.55. The van der Waals surface area contributed by atoms with Crippen molar-refractivity contribution in [2.24, 2.45) is 0 Å². The van der Waals surface area contributed by atoms with Crippen molar-refractivity contribution in [3.8, 4) is 0 Å². The van der Waals surface area contributed by atoms with Gasteiger partial charge in [-0.05, 0) is 25.5 Å². The molecule has 0 N–H and O–H groups in total. The van der Waals surface area contributed by atoms with Crippen molar-refractivity contribution in [3.63, 3.8) is 0 Å². The fraction of sp³-hybridized carbons (Fsp3) is 0.333. The summed E-state index contributed by atoms with van der Waals surface area (Å²) < 4.78 is 6.93. The van der Waals surface area contributed by atoms with E-state index in [0.29, 0.717) is 18.8 Å². The van der Waals surface area contributed by atoms with Crippen molar-refractivity contribution in [2.45, 2.75) is 20.4 Å². The van der Waals surface area contributed by atoms with Crippen molar-refractivity contribution < 1.29 is 9.53 Å². The first-order valence-corrected chi connectivity index (χ1v) is 6.31. The highest BCUT2D eigenvalue weighted by molar-refractivity contribution is 7.09. The summed E-state index contributed by atoms with van der Waals surface area (Å²) in [6.45, 7) is 4.71. The first-order chi connectivity index (χ1) is 8.22. The van der Waals surface area contributed by atoms with Crippen LogP contribution in [0.4, 0.5) is 0 Å². The number of thiazole rings is 1. The van der Waals surface area contributed by atoms with Crippen molar-refractivity contribution >= 4 is 17.3 Å². The Morgan fingerprint density at radius 2 is 2.41 bits per heavy atom. The number of hydrogen-bond donors (Lipinski definition) is 0. The van der Waals surface area contributed by atoms with E-state index >= 15 is 0 Å². The molecule has 0 fully saturated rings. The molecule has 0 spiro atoms. The zero-order chi connectivity index (χ0) is 12.3. The van der Waals surface area contributed by atoms with E-state index in [2.05, 4.69) is 4.98 Å². The molecule has 0 aliphatic rings. The van der Waals surface area contributed by atoms with Gasteiger partial charge >= 0.3 is 5.97 Å². The monoisotopic (exact) mass is 250 g/mol. The number of aryl methyl sites for hydroxylation is 1. The Morgan fingerprint density at radius 1 is 1.59 bits per heavy atom. The molecule has 0 unspecified atom stereocenters. The van der Waals surface area contributed by atoms with Crippen LogP contribution >= 0.6 is 11.3 Å². The first kappa shape index (κ1) is 11.9. The molecule has 17 heavy (non-hydrogen) atoms. The molecule has 0 amide bonds. The van der Waals surface area contributed by atoms with E-state index in [1.54, 1.807) is 24.5 Å². The van der Waals surface area contributed by atoms with E-state index in [1.807, 2.05) is 29.1 Å². The van der Waals surface area contributed by atoms with Crippen LogP contribution in [-0.4, -0.2) is 22.1 Å². The average molecular weight is 250 g/mol. The maximum atomic E-state index is 11.8. The van der Waals surface area contributed by atoms with E-state index in [-0.39, 0.29) is 5.97 Å². The zero-order valence-corrected chi connectivity index (χ0v) is 10.7. The van der Waals surface area contributed by atoms with Gasteiger partial charge in [0.25, 0.3) is 0 Å². The lowest BCUT2D eigenvalue weighted by Gasteiger charge is -2.07. The average Bonchev–Trinajstić information content (AvgIpc) is 2.90. The molecule has 0 aliphatic carbocycles. The van der Waals surface area contributed by atoms with Crippen LogP contribution in [0.1, 0.15) is 28.0 Å². The van der Waals surface area contributed by atoms with Gasteiger partial charge in [-0.2, -0.15) is 0 Å². The number of ether oxygens (including phenoxy) is 1. The summed E-state index contributed by atoms with van der Waals surface area (Å²) in [6, 6.07) is 1.92. The molecule has 4 nitrogen and oxygen atoms in total. The molecule has 2 aromatic rings. The summed E-state index contributed by atoms with van der Waals surface area (Å²) in [4.78, 5) is 16.0. The largest absolute Gasteiger partial charge is 0.461 e. The van der Waals surface area contributed by atoms with E-state index < -0.39 is 0 Å². The third-order valence-corrected chi connectivity index (χ3v) is 3.19. The van der Waals surface area contributed by atoms with Gasteiger partial charge in [0.05, 0.1) is 13.2 Å². The quantitative estimate of drug-likeness (QED) is 0.783. The third-order valence-electron chi connectivity index (χ3n) is 2.42. The minimum atomic E-state index is -0.272. The Kier molecular flexibility index (Phi) is 3.58. The van der Waals surface area contributed by atoms with Gasteiger partial charge < -0.3 is 9.30 Å². The molecule has 2 heterocycles. The highest BCUT2D eigenvalue weighted by atomic mass is 32.1. The summed E-state index contributed by atoms with van der Waals surface area (Å²) in [7, 11) is 0. The van der Waals surface area contributed by atoms with Crippen molar-refractivity contribution in [3.05, 3.63) is 40.1 Å². The second kappa shape index (κ2) is 5.14. The second-order valence-electron chi connectivity index (χ2n) is 3.62. The van der Waals surface area contributed by atoms with E-state index in [4.69, 9.17) is 4.74 Å². The van der Waals surface area contributed by atoms with E-state index in [9.17, 15) is 4.79 Å². The Morgan fingerprint density at radius 3 is 3.06 bits per heavy atom. The summed E-state index contributed by atoms with van der Waals surface area (Å²) in [5.41, 5.74) is 1.54. The number of aromatic nitrogens is 2. The molecule has 0 bridgehead atoms. The van der Waals surface area contributed by atoms with Gasteiger partial charge in [-0.25, -0.2) is 9.78 Å². The number of carbonyl (C=O) groups is 1. The summed E-state index contributed by atoms with van der Waals surface area (Å²) in [6.07, 6.45) is 3.66. The molecule has 5 heteroatoms. The predicted octanol–water partition coefficient (Wildman–Crippen LogP) is 2.48. The maximum Gasteiger partial charge on any atom is 0.355 e. The smallest absolute Gasteiger partial charge is 0.355 e. The molecule has 0 atom stereocenters. The van der Waals surface area contributed by atoms with Crippen LogP contribution in [0.25, 0.3) is 0 Å². The van der Waals surface area contributed by atoms with Gasteiger partial charge in [-0.3, -0.25) is 0 Å². The van der Waals surface area contributed by atoms with Crippen LogP contribution in [0.3, 0.4) is 0 Å². The lowest BCUT2D eigenvalue weighted by Crippen LogP contribution is -2.13. The molecule has 2 rings (SSSR count). The van der Waals surface area contributed by atoms with Crippen molar-refractivity contribution in [1.29, 1.82) is 0 Å². The molecule has 0 aromatic carbocycles. The molecule has 90 valence electrons. The number of nitrogens with zero attached hydrogens (tertiary/aromatic N) is 2. The maximum absolute atomic E-state index is 11.8. The molecular formula is C12H14N2O2S. The van der Waals surface area contributed by atoms with Crippen LogP contribution in [0.2, 0.25) is 0 Å². The highest BCUT2D eigenvalue weighted by Crippen LogP contribution is 2.15. The van der Waals surface area contributed by atoms with Crippen LogP contribution in [0, 0.1) is 6.92 Å². The Hall–Kier alpha value is -1.62. The molecule has 0 saturated carbocycles. The minimum Gasteiger partial charge on any atom is -0.461 e. The molecule has 0 aliphatic heterocycles. The first-order valence-electron chi connectivity index (χ1n) is 5.43. The van der Waals surface area contributed by atoms with Gasteiger partial charge in [0.2, 0.25) is 0 Å². The standard InChI is InChI=1S/C12H14N2O2S/c1-3-16-12(15)11-9(2)4-6-14(11)8-10-13-5-7-17-10/h4-7H,3,8H2,1-2H3. The minimum absolute atomic E-state index is 0.272. The lowest BCUT2D eigenvalue weighted by molar-refractivity contribution is 0.0513. The summed E-state index contributed by atoms with van der Waals surface area (Å²) in [5, 5.41) is 2.90. The Labute approximate surface area is 104 Å². The molecule has 0 radical (unpaired) electrons. The van der Waals surface area contributed by atoms with Crippen LogP contribution in [0.5, 0.6) is 0 Å². The van der Waals surface area contributed by atoms with Crippen molar-refractivity contribution in [2.75, 3.05) is 6.61 Å². The molecule has 0 saturated heterocycles. The summed E-state index contributed by atoms with van der Waals surface area (Å²) >= 11 is 1.58. The second-order valence-corrected chi connectivity index (χ2v) is 4.60. The fourth-order valence-electron chi connectivity index (χ4n) is 1.67. The normalized spacial score (nSPS) is 10.5. The zero-order valence-electron chi connectivity index (χ0n) is 9.84.